The van der Waals surface area contributed by atoms with E-state index in [1.807, 2.05) is 37.3 Å². The van der Waals surface area contributed by atoms with Crippen molar-refractivity contribution in [1.82, 2.24) is 15.3 Å². The van der Waals surface area contributed by atoms with Crippen LogP contribution in [0, 0.1) is 5.82 Å². The molecule has 1 aromatic heterocycles. The van der Waals surface area contributed by atoms with Crippen LogP contribution < -0.4 is 15.5 Å². The summed E-state index contributed by atoms with van der Waals surface area (Å²) in [6, 6.07) is 16.8. The van der Waals surface area contributed by atoms with Gasteiger partial charge in [0.2, 0.25) is 5.95 Å². The van der Waals surface area contributed by atoms with Gasteiger partial charge in [0.15, 0.2) is 0 Å². The van der Waals surface area contributed by atoms with E-state index in [9.17, 15) is 9.18 Å². The van der Waals surface area contributed by atoms with E-state index in [1.165, 1.54) is 36.2 Å². The van der Waals surface area contributed by atoms with Gasteiger partial charge in [-0.1, -0.05) is 30.3 Å². The predicted octanol–water partition coefficient (Wildman–Crippen LogP) is 4.27. The lowest BCUT2D eigenvalue weighted by molar-refractivity contribution is 0.250. The summed E-state index contributed by atoms with van der Waals surface area (Å²) in [6.07, 6.45) is 1.57. The van der Waals surface area contributed by atoms with Gasteiger partial charge in [0, 0.05) is 19.3 Å². The Morgan fingerprint density at radius 3 is 2.44 bits per heavy atom. The van der Waals surface area contributed by atoms with E-state index in [1.54, 1.807) is 12.3 Å². The Morgan fingerprint density at radius 1 is 1.07 bits per heavy atom. The Bertz CT molecular complexity index is 902. The van der Waals surface area contributed by atoms with Crippen molar-refractivity contribution in [1.29, 1.82) is 0 Å². The van der Waals surface area contributed by atoms with E-state index < -0.39 is 0 Å². The van der Waals surface area contributed by atoms with Crippen LogP contribution in [-0.2, 0) is 0 Å². The maximum Gasteiger partial charge on any atom is 0.327 e. The van der Waals surface area contributed by atoms with E-state index in [0.717, 1.165) is 5.56 Å². The van der Waals surface area contributed by atoms with Crippen molar-refractivity contribution in [2.24, 2.45) is 0 Å². The third-order valence-electron chi connectivity index (χ3n) is 4.02. The molecule has 2 N–H and O–H groups in total. The van der Waals surface area contributed by atoms with Crippen LogP contribution in [0.3, 0.4) is 0 Å². The number of nitrogens with one attached hydrogen (secondary N) is 2. The highest BCUT2D eigenvalue weighted by Crippen LogP contribution is 2.25. The van der Waals surface area contributed by atoms with Crippen molar-refractivity contribution in [2.45, 2.75) is 13.0 Å². The molecule has 138 valence electrons. The first-order valence-electron chi connectivity index (χ1n) is 8.50. The van der Waals surface area contributed by atoms with Crippen LogP contribution in [0.4, 0.5) is 26.6 Å². The summed E-state index contributed by atoms with van der Waals surface area (Å²) >= 11 is 0. The van der Waals surface area contributed by atoms with Crippen LogP contribution in [0.15, 0.2) is 66.9 Å². The Kier molecular flexibility index (Phi) is 5.61. The van der Waals surface area contributed by atoms with E-state index >= 15 is 0 Å². The molecule has 3 aromatic rings. The first-order valence-corrected chi connectivity index (χ1v) is 8.50. The fourth-order valence-corrected chi connectivity index (χ4v) is 2.62. The molecule has 1 heterocycles. The van der Waals surface area contributed by atoms with Gasteiger partial charge >= 0.3 is 6.03 Å². The molecule has 1 atom stereocenters. The number of hydrogen-bond donors (Lipinski definition) is 2. The average Bonchev–Trinajstić information content (AvgIpc) is 2.70. The zero-order valence-corrected chi connectivity index (χ0v) is 15.1. The molecule has 0 bridgehead atoms. The van der Waals surface area contributed by atoms with Gasteiger partial charge in [-0.3, -0.25) is 0 Å². The molecular formula is C20H20FN5O. The van der Waals surface area contributed by atoms with Crippen molar-refractivity contribution < 1.29 is 9.18 Å². The monoisotopic (exact) mass is 365 g/mol. The largest absolute Gasteiger partial charge is 0.348 e. The number of benzene rings is 2. The fraction of sp³-hybridized carbons (Fsp3) is 0.150. The summed E-state index contributed by atoms with van der Waals surface area (Å²) in [5.74, 6) is 0.385. The maximum atomic E-state index is 13.2. The molecule has 0 fully saturated rings. The van der Waals surface area contributed by atoms with Crippen LogP contribution in [-0.4, -0.2) is 23.0 Å². The second-order valence-electron chi connectivity index (χ2n) is 5.88. The molecule has 2 aromatic carbocycles. The second kappa shape index (κ2) is 8.27. The molecular weight excluding hydrogens is 345 g/mol. The van der Waals surface area contributed by atoms with Gasteiger partial charge in [0.1, 0.15) is 11.6 Å². The van der Waals surface area contributed by atoms with E-state index in [-0.39, 0.29) is 17.9 Å². The van der Waals surface area contributed by atoms with Gasteiger partial charge < -0.3 is 10.6 Å². The Hall–Kier alpha value is -3.48. The van der Waals surface area contributed by atoms with Crippen molar-refractivity contribution >= 4 is 23.5 Å². The number of hydrogen-bond acceptors (Lipinski definition) is 4. The number of urea groups is 1. The Labute approximate surface area is 157 Å². The van der Waals surface area contributed by atoms with Crippen molar-refractivity contribution in [3.8, 4) is 0 Å². The number of nitrogens with zero attached hydrogens (tertiary/aromatic N) is 3. The molecule has 0 aliphatic heterocycles. The number of anilines is 3. The molecule has 7 heteroatoms. The summed E-state index contributed by atoms with van der Waals surface area (Å²) in [6.45, 7) is 2.00. The SMILES string of the molecule is CNC(=O)N(c1ccc(F)cc1)c1ccnc(N[C@@H](C)c2ccccc2)n1. The van der Waals surface area contributed by atoms with Crippen LogP contribution >= 0.6 is 0 Å². The van der Waals surface area contributed by atoms with Crippen LogP contribution in [0.25, 0.3) is 0 Å². The van der Waals surface area contributed by atoms with Gasteiger partial charge in [-0.25, -0.2) is 19.1 Å². The molecule has 6 nitrogen and oxygen atoms in total. The molecule has 0 saturated carbocycles. The molecule has 0 aliphatic rings. The third kappa shape index (κ3) is 4.38. The van der Waals surface area contributed by atoms with Crippen LogP contribution in [0.1, 0.15) is 18.5 Å². The van der Waals surface area contributed by atoms with Gasteiger partial charge in [0.05, 0.1) is 11.7 Å². The molecule has 3 rings (SSSR count). The lowest BCUT2D eigenvalue weighted by Gasteiger charge is -2.22. The minimum absolute atomic E-state index is 0.0132. The third-order valence-corrected chi connectivity index (χ3v) is 4.02. The quantitative estimate of drug-likeness (QED) is 0.708. The molecule has 0 unspecified atom stereocenters. The zero-order valence-electron chi connectivity index (χ0n) is 15.1. The summed E-state index contributed by atoms with van der Waals surface area (Å²) in [5, 5.41) is 5.81. The Balaban J connectivity index is 1.89. The predicted molar refractivity (Wildman–Crippen MR) is 104 cm³/mol. The smallest absolute Gasteiger partial charge is 0.327 e. The molecule has 2 amide bonds. The lowest BCUT2D eigenvalue weighted by atomic mass is 10.1. The number of aromatic nitrogens is 2. The van der Waals surface area contributed by atoms with E-state index in [2.05, 4.69) is 20.6 Å². The highest BCUT2D eigenvalue weighted by molar-refractivity contribution is 5.98. The highest BCUT2D eigenvalue weighted by Gasteiger charge is 2.19. The number of carbonyl (C=O) groups excluding carboxylic acids is 1. The van der Waals surface area contributed by atoms with Crippen molar-refractivity contribution in [2.75, 3.05) is 17.3 Å². The first kappa shape index (κ1) is 18.3. The average molecular weight is 365 g/mol. The minimum Gasteiger partial charge on any atom is -0.348 e. The Morgan fingerprint density at radius 2 is 1.78 bits per heavy atom. The van der Waals surface area contributed by atoms with Gasteiger partial charge in [-0.15, -0.1) is 0 Å². The van der Waals surface area contributed by atoms with Gasteiger partial charge in [-0.2, -0.15) is 4.98 Å². The second-order valence-corrected chi connectivity index (χ2v) is 5.88. The molecule has 0 spiro atoms. The van der Waals surface area contributed by atoms with Gasteiger partial charge in [0.25, 0.3) is 0 Å². The normalized spacial score (nSPS) is 11.5. The molecule has 0 radical (unpaired) electrons. The summed E-state index contributed by atoms with van der Waals surface area (Å²) < 4.78 is 13.2. The van der Waals surface area contributed by atoms with E-state index in [4.69, 9.17) is 0 Å². The molecule has 27 heavy (non-hydrogen) atoms. The van der Waals surface area contributed by atoms with Gasteiger partial charge in [-0.05, 0) is 36.8 Å². The van der Waals surface area contributed by atoms with E-state index in [0.29, 0.717) is 17.5 Å². The molecule has 0 aliphatic carbocycles. The first-order chi connectivity index (χ1) is 13.1. The summed E-state index contributed by atoms with van der Waals surface area (Å²) in [7, 11) is 1.52. The fourth-order valence-electron chi connectivity index (χ4n) is 2.62. The number of rotatable bonds is 5. The summed E-state index contributed by atoms with van der Waals surface area (Å²) in [5.41, 5.74) is 1.59. The number of halogens is 1. The number of amides is 2. The standard InChI is InChI=1S/C20H20FN5O/c1-14(15-6-4-3-5-7-15)24-19-23-13-12-18(25-19)26(20(27)22-2)17-10-8-16(21)9-11-17/h3-14H,1-2H3,(H,22,27)(H,23,24,25)/t14-/m0/s1. The van der Waals surface area contributed by atoms with Crippen molar-refractivity contribution in [3.63, 3.8) is 0 Å². The highest BCUT2D eigenvalue weighted by atomic mass is 19.1. The summed E-state index contributed by atoms with van der Waals surface area (Å²) in [4.78, 5) is 22.4. The minimum atomic E-state index is -0.387. The maximum absolute atomic E-state index is 13.2. The van der Waals surface area contributed by atoms with Crippen LogP contribution in [0.5, 0.6) is 0 Å². The zero-order chi connectivity index (χ0) is 19.2. The topological polar surface area (TPSA) is 70.2 Å². The molecule has 0 saturated heterocycles. The lowest BCUT2D eigenvalue weighted by Crippen LogP contribution is -2.35. The number of carbonyl (C=O) groups is 1. The van der Waals surface area contributed by atoms with Crippen LogP contribution in [0.2, 0.25) is 0 Å². The van der Waals surface area contributed by atoms with Crippen molar-refractivity contribution in [3.05, 3.63) is 78.2 Å².